The van der Waals surface area contributed by atoms with Gasteiger partial charge in [-0.1, -0.05) is 33.4 Å². The lowest BCUT2D eigenvalue weighted by Crippen LogP contribution is -2.13. The average molecular weight is 279 g/mol. The smallest absolute Gasteiger partial charge is 0.335 e. The van der Waals surface area contributed by atoms with Gasteiger partial charge in [-0.3, -0.25) is 0 Å². The molecule has 0 heterocycles. The highest BCUT2D eigenvalue weighted by Crippen LogP contribution is 2.25. The number of aromatic carboxylic acids is 1. The molecule has 0 saturated carbocycles. The average Bonchev–Trinajstić information content (AvgIpc) is 2.32. The van der Waals surface area contributed by atoms with Crippen LogP contribution in [0.2, 0.25) is 0 Å². The lowest BCUT2D eigenvalue weighted by Gasteiger charge is -2.21. The molecule has 4 nitrogen and oxygen atoms in total. The molecule has 1 aromatic carbocycles. The van der Waals surface area contributed by atoms with Crippen LogP contribution >= 0.6 is 0 Å². The molecule has 0 aliphatic carbocycles. The van der Waals surface area contributed by atoms with Gasteiger partial charge in [-0.2, -0.15) is 0 Å². The molecule has 20 heavy (non-hydrogen) atoms. The van der Waals surface area contributed by atoms with Crippen LogP contribution in [0.25, 0.3) is 0 Å². The Hall–Kier alpha value is -1.71. The molecule has 0 aromatic heterocycles. The van der Waals surface area contributed by atoms with Crippen molar-refractivity contribution in [2.45, 2.75) is 40.5 Å². The largest absolute Gasteiger partial charge is 0.872 e. The van der Waals surface area contributed by atoms with E-state index in [2.05, 4.69) is 27.7 Å². The third-order valence-corrected chi connectivity index (χ3v) is 3.11. The van der Waals surface area contributed by atoms with Gasteiger partial charge in [0.1, 0.15) is 5.75 Å². The molecule has 0 amide bonds. The molecule has 0 bridgehead atoms. The molecular weight excluding hydrogens is 256 g/mol. The zero-order valence-corrected chi connectivity index (χ0v) is 12.6. The van der Waals surface area contributed by atoms with Gasteiger partial charge in [-0.25, -0.2) is 4.79 Å². The molecule has 0 radical (unpaired) electrons. The van der Waals surface area contributed by atoms with E-state index in [0.29, 0.717) is 23.7 Å². The first-order valence-electron chi connectivity index (χ1n) is 6.86. The van der Waals surface area contributed by atoms with Crippen molar-refractivity contribution in [1.82, 2.24) is 0 Å². The summed E-state index contributed by atoms with van der Waals surface area (Å²) in [6, 6.07) is 4.06. The van der Waals surface area contributed by atoms with Crippen molar-refractivity contribution in [1.29, 1.82) is 0 Å². The Labute approximate surface area is 120 Å². The predicted octanol–water partition coefficient (Wildman–Crippen LogP) is 3.30. The second-order valence-electron chi connectivity index (χ2n) is 6.48. The summed E-state index contributed by atoms with van der Waals surface area (Å²) in [6.45, 7) is 9.25. The second-order valence-corrected chi connectivity index (χ2v) is 6.48. The van der Waals surface area contributed by atoms with E-state index in [0.717, 1.165) is 12.8 Å². The fraction of sp³-hybridized carbons (Fsp3) is 0.562. The third kappa shape index (κ3) is 5.51. The van der Waals surface area contributed by atoms with Gasteiger partial charge in [0.05, 0.1) is 12.2 Å². The summed E-state index contributed by atoms with van der Waals surface area (Å²) in [4.78, 5) is 10.7. The molecule has 0 saturated heterocycles. The maximum atomic E-state index is 11.5. The maximum Gasteiger partial charge on any atom is 0.335 e. The van der Waals surface area contributed by atoms with Gasteiger partial charge in [-0.05, 0) is 42.4 Å². The fourth-order valence-electron chi connectivity index (χ4n) is 1.77. The highest BCUT2D eigenvalue weighted by Gasteiger charge is 2.13. The van der Waals surface area contributed by atoms with Gasteiger partial charge in [0.25, 0.3) is 0 Å². The van der Waals surface area contributed by atoms with Crippen LogP contribution in [0.3, 0.4) is 0 Å². The van der Waals surface area contributed by atoms with Gasteiger partial charge in [-0.15, -0.1) is 0 Å². The molecule has 1 unspecified atom stereocenters. The summed E-state index contributed by atoms with van der Waals surface area (Å²) in [7, 11) is 0. The number of rotatable bonds is 6. The van der Waals surface area contributed by atoms with Crippen LogP contribution in [0.15, 0.2) is 18.2 Å². The number of hydrogen-bond acceptors (Lipinski definition) is 3. The molecule has 1 N–H and O–H groups in total. The Morgan fingerprint density at radius 1 is 1.40 bits per heavy atom. The monoisotopic (exact) mass is 279 g/mol. The molecule has 0 aliphatic rings. The molecular formula is C16H23O4-. The highest BCUT2D eigenvalue weighted by molar-refractivity contribution is 5.90. The summed E-state index contributed by atoms with van der Waals surface area (Å²) in [5.74, 6) is -0.900. The van der Waals surface area contributed by atoms with Crippen molar-refractivity contribution >= 4 is 5.97 Å². The molecule has 4 heteroatoms. The van der Waals surface area contributed by atoms with Crippen LogP contribution < -0.4 is 9.84 Å². The van der Waals surface area contributed by atoms with E-state index in [1.807, 2.05) is 0 Å². The molecule has 1 rings (SSSR count). The van der Waals surface area contributed by atoms with Crippen LogP contribution in [0.1, 0.15) is 50.9 Å². The van der Waals surface area contributed by atoms with Crippen molar-refractivity contribution in [3.63, 3.8) is 0 Å². The van der Waals surface area contributed by atoms with Crippen molar-refractivity contribution < 1.29 is 19.7 Å². The Morgan fingerprint density at radius 2 is 2.05 bits per heavy atom. The molecule has 0 fully saturated rings. The standard InChI is InChI=1S/C16H24O4/c1-11(7-8-16(2,3)4)10-20-12-5-6-13(15(18)19)14(17)9-12/h5-6,9,11,17H,7-8,10H2,1-4H3,(H,18,19)/p-1. The van der Waals surface area contributed by atoms with Gasteiger partial charge < -0.3 is 14.9 Å². The Balaban J connectivity index is 2.50. The molecule has 0 spiro atoms. The van der Waals surface area contributed by atoms with E-state index < -0.39 is 11.7 Å². The molecule has 1 atom stereocenters. The first-order chi connectivity index (χ1) is 9.19. The lowest BCUT2D eigenvalue weighted by molar-refractivity contribution is -0.268. The van der Waals surface area contributed by atoms with Crippen molar-refractivity contribution in [3.8, 4) is 11.5 Å². The van der Waals surface area contributed by atoms with Crippen LogP contribution in [0.5, 0.6) is 11.5 Å². The zero-order chi connectivity index (χ0) is 15.3. The SMILES string of the molecule is CC(CCC(C)(C)C)COc1ccc(C(=O)O)c([O-])c1. The van der Waals surface area contributed by atoms with Crippen molar-refractivity contribution in [2.24, 2.45) is 11.3 Å². The van der Waals surface area contributed by atoms with E-state index >= 15 is 0 Å². The third-order valence-electron chi connectivity index (χ3n) is 3.11. The minimum Gasteiger partial charge on any atom is -0.872 e. The van der Waals surface area contributed by atoms with Gasteiger partial charge in [0.2, 0.25) is 0 Å². The minimum absolute atomic E-state index is 0.224. The first kappa shape index (κ1) is 16.3. The highest BCUT2D eigenvalue weighted by atomic mass is 16.5. The number of hydrogen-bond donors (Lipinski definition) is 1. The quantitative estimate of drug-likeness (QED) is 0.867. The summed E-state index contributed by atoms with van der Waals surface area (Å²) < 4.78 is 5.56. The van der Waals surface area contributed by atoms with Gasteiger partial charge in [0, 0.05) is 0 Å². The molecule has 1 aromatic rings. The van der Waals surface area contributed by atoms with Crippen LogP contribution in [-0.2, 0) is 0 Å². The van der Waals surface area contributed by atoms with E-state index in [1.165, 1.54) is 18.2 Å². The summed E-state index contributed by atoms with van der Waals surface area (Å²) >= 11 is 0. The Bertz CT molecular complexity index is 460. The number of ether oxygens (including phenoxy) is 1. The van der Waals surface area contributed by atoms with Crippen molar-refractivity contribution in [2.75, 3.05) is 6.61 Å². The molecule has 112 valence electrons. The van der Waals surface area contributed by atoms with Crippen molar-refractivity contribution in [3.05, 3.63) is 23.8 Å². The van der Waals surface area contributed by atoms with Crippen LogP contribution in [0.4, 0.5) is 0 Å². The van der Waals surface area contributed by atoms with Gasteiger partial charge in [0.15, 0.2) is 0 Å². The van der Waals surface area contributed by atoms with E-state index in [4.69, 9.17) is 9.84 Å². The fourth-order valence-corrected chi connectivity index (χ4v) is 1.77. The number of carboxylic acids is 1. The summed E-state index contributed by atoms with van der Waals surface area (Å²) in [5.41, 5.74) is 0.0812. The number of benzene rings is 1. The second kappa shape index (κ2) is 6.64. The zero-order valence-electron chi connectivity index (χ0n) is 12.6. The summed E-state index contributed by atoms with van der Waals surface area (Å²) in [5, 5.41) is 20.3. The van der Waals surface area contributed by atoms with Crippen LogP contribution in [-0.4, -0.2) is 17.7 Å². The Morgan fingerprint density at radius 3 is 2.55 bits per heavy atom. The maximum absolute atomic E-state index is 11.5. The van der Waals surface area contributed by atoms with E-state index in [9.17, 15) is 9.90 Å². The van der Waals surface area contributed by atoms with Gasteiger partial charge >= 0.3 is 5.97 Å². The number of carboxylic acid groups (broad SMARTS) is 1. The lowest BCUT2D eigenvalue weighted by atomic mass is 9.87. The van der Waals surface area contributed by atoms with Crippen LogP contribution in [0, 0.1) is 11.3 Å². The Kier molecular flexibility index (Phi) is 5.43. The minimum atomic E-state index is -1.21. The summed E-state index contributed by atoms with van der Waals surface area (Å²) in [6.07, 6.45) is 2.17. The normalized spacial score (nSPS) is 13.0. The topological polar surface area (TPSA) is 69.6 Å². The molecule has 0 aliphatic heterocycles. The van der Waals surface area contributed by atoms with E-state index in [-0.39, 0.29) is 5.56 Å². The predicted molar refractivity (Wildman–Crippen MR) is 76.2 cm³/mol. The van der Waals surface area contributed by atoms with E-state index in [1.54, 1.807) is 0 Å². The first-order valence-corrected chi connectivity index (χ1v) is 6.86. The number of carbonyl (C=O) groups is 1.